The highest BCUT2D eigenvalue weighted by Crippen LogP contribution is 2.30. The predicted octanol–water partition coefficient (Wildman–Crippen LogP) is 5.98. The second-order valence-electron chi connectivity index (χ2n) is 7.14. The Morgan fingerprint density at radius 1 is 1.09 bits per heavy atom. The van der Waals surface area contributed by atoms with Crippen LogP contribution in [0.3, 0.4) is 0 Å². The zero-order valence-corrected chi connectivity index (χ0v) is 19.7. The first-order valence-corrected chi connectivity index (χ1v) is 11.5. The zero-order valence-electron chi connectivity index (χ0n) is 17.3. The summed E-state index contributed by atoms with van der Waals surface area (Å²) in [6.45, 7) is 3.88. The molecule has 0 atom stereocenters. The number of nitrogens with zero attached hydrogens (tertiary/aromatic N) is 4. The minimum absolute atomic E-state index is 0.141. The Morgan fingerprint density at radius 2 is 1.88 bits per heavy atom. The Hall–Kier alpha value is -2.87. The second kappa shape index (κ2) is 9.73. The lowest BCUT2D eigenvalue weighted by Crippen LogP contribution is -2.16. The van der Waals surface area contributed by atoms with Gasteiger partial charge in [-0.25, -0.2) is 0 Å². The largest absolute Gasteiger partial charge is 0.324 e. The van der Waals surface area contributed by atoms with Gasteiger partial charge in [0.25, 0.3) is 0 Å². The lowest BCUT2D eigenvalue weighted by Gasteiger charge is -2.12. The summed E-state index contributed by atoms with van der Waals surface area (Å²) in [4.78, 5) is 16.8. The van der Waals surface area contributed by atoms with E-state index in [2.05, 4.69) is 20.5 Å². The molecule has 0 saturated carbocycles. The first kappa shape index (κ1) is 22.3. The maximum absolute atomic E-state index is 12.7. The van der Waals surface area contributed by atoms with E-state index in [0.29, 0.717) is 26.7 Å². The number of amides is 1. The fourth-order valence-corrected chi connectivity index (χ4v) is 4.49. The van der Waals surface area contributed by atoms with Crippen LogP contribution >= 0.6 is 35.0 Å². The van der Waals surface area contributed by atoms with Gasteiger partial charge in [-0.1, -0.05) is 41.0 Å². The predicted molar refractivity (Wildman–Crippen MR) is 130 cm³/mol. The lowest BCUT2D eigenvalue weighted by molar-refractivity contribution is -0.113. The highest BCUT2D eigenvalue weighted by molar-refractivity contribution is 7.99. The van der Waals surface area contributed by atoms with Gasteiger partial charge in [0.1, 0.15) is 0 Å². The van der Waals surface area contributed by atoms with Crippen LogP contribution in [0.15, 0.2) is 66.1 Å². The fraction of sp³-hybridized carbons (Fsp3) is 0.130. The van der Waals surface area contributed by atoms with Crippen molar-refractivity contribution in [2.24, 2.45) is 0 Å². The van der Waals surface area contributed by atoms with Gasteiger partial charge in [0.15, 0.2) is 11.0 Å². The van der Waals surface area contributed by atoms with Crippen molar-refractivity contribution in [3.63, 3.8) is 0 Å². The van der Waals surface area contributed by atoms with Gasteiger partial charge in [-0.3, -0.25) is 14.3 Å². The average molecular weight is 484 g/mol. The van der Waals surface area contributed by atoms with Gasteiger partial charge in [-0.15, -0.1) is 10.2 Å². The van der Waals surface area contributed by atoms with E-state index in [-0.39, 0.29) is 11.7 Å². The zero-order chi connectivity index (χ0) is 22.7. The Bertz CT molecular complexity index is 1240. The Morgan fingerprint density at radius 3 is 2.56 bits per heavy atom. The Balaban J connectivity index is 1.59. The van der Waals surface area contributed by atoms with Gasteiger partial charge in [-0.2, -0.15) is 0 Å². The third kappa shape index (κ3) is 4.96. The van der Waals surface area contributed by atoms with Crippen molar-refractivity contribution >= 4 is 46.6 Å². The topological polar surface area (TPSA) is 72.7 Å². The number of carbonyl (C=O) groups excluding carboxylic acids is 1. The fourth-order valence-electron chi connectivity index (χ4n) is 3.25. The van der Waals surface area contributed by atoms with Crippen LogP contribution in [0.25, 0.3) is 17.1 Å². The molecule has 0 aliphatic carbocycles. The molecular formula is C23H19Cl2N5OS. The monoisotopic (exact) mass is 483 g/mol. The van der Waals surface area contributed by atoms with Gasteiger partial charge in [0.05, 0.1) is 16.5 Å². The molecule has 0 unspecified atom stereocenters. The van der Waals surface area contributed by atoms with Crippen LogP contribution in [-0.2, 0) is 4.79 Å². The number of thioether (sulfide) groups is 1. The van der Waals surface area contributed by atoms with Crippen molar-refractivity contribution in [3.8, 4) is 17.1 Å². The number of aromatic nitrogens is 4. The van der Waals surface area contributed by atoms with Crippen LogP contribution in [-0.4, -0.2) is 31.4 Å². The van der Waals surface area contributed by atoms with E-state index in [1.807, 2.05) is 54.8 Å². The molecule has 1 amide bonds. The van der Waals surface area contributed by atoms with Crippen molar-refractivity contribution in [3.05, 3.63) is 82.1 Å². The molecule has 4 aromatic rings. The van der Waals surface area contributed by atoms with Gasteiger partial charge in [0.2, 0.25) is 5.91 Å². The quantitative estimate of drug-likeness (QED) is 0.341. The number of hydrogen-bond donors (Lipinski definition) is 1. The minimum Gasteiger partial charge on any atom is -0.324 e. The summed E-state index contributed by atoms with van der Waals surface area (Å²) >= 11 is 13.7. The highest BCUT2D eigenvalue weighted by atomic mass is 35.5. The molecule has 1 N–H and O–H groups in total. The third-order valence-corrected chi connectivity index (χ3v) is 6.15. The molecule has 2 aromatic heterocycles. The van der Waals surface area contributed by atoms with Gasteiger partial charge < -0.3 is 5.32 Å². The molecule has 2 heterocycles. The standard InChI is InChI=1S/C23H19Cl2N5OS/c1-14-10-15(2)21(19(25)11-14)27-20(31)13-32-23-29-28-22(16-4-3-9-26-12-16)30(23)18-7-5-17(24)6-8-18/h3-12H,13H2,1-2H3,(H,27,31). The lowest BCUT2D eigenvalue weighted by atomic mass is 10.1. The first-order chi connectivity index (χ1) is 15.4. The molecule has 0 aliphatic rings. The molecule has 0 aliphatic heterocycles. The molecule has 6 nitrogen and oxygen atoms in total. The van der Waals surface area contributed by atoms with Crippen LogP contribution in [0.2, 0.25) is 10.0 Å². The molecule has 162 valence electrons. The highest BCUT2D eigenvalue weighted by Gasteiger charge is 2.18. The number of halogens is 2. The second-order valence-corrected chi connectivity index (χ2v) is 8.92. The maximum atomic E-state index is 12.7. The van der Waals surface area contributed by atoms with Gasteiger partial charge in [0, 0.05) is 28.7 Å². The molecule has 32 heavy (non-hydrogen) atoms. The maximum Gasteiger partial charge on any atom is 0.234 e. The summed E-state index contributed by atoms with van der Waals surface area (Å²) in [5.41, 5.74) is 4.22. The number of aryl methyl sites for hydroxylation is 2. The van der Waals surface area contributed by atoms with E-state index in [4.69, 9.17) is 23.2 Å². The molecule has 9 heteroatoms. The van der Waals surface area contributed by atoms with E-state index in [9.17, 15) is 4.79 Å². The number of carbonyl (C=O) groups is 1. The smallest absolute Gasteiger partial charge is 0.234 e. The molecular weight excluding hydrogens is 465 g/mol. The minimum atomic E-state index is -0.183. The summed E-state index contributed by atoms with van der Waals surface area (Å²) < 4.78 is 1.88. The van der Waals surface area contributed by atoms with Crippen LogP contribution in [0.4, 0.5) is 5.69 Å². The van der Waals surface area contributed by atoms with Gasteiger partial charge >= 0.3 is 0 Å². The van der Waals surface area contributed by atoms with Crippen molar-refractivity contribution in [2.75, 3.05) is 11.1 Å². The summed E-state index contributed by atoms with van der Waals surface area (Å²) in [6.07, 6.45) is 3.42. The third-order valence-electron chi connectivity index (χ3n) is 4.67. The van der Waals surface area contributed by atoms with E-state index >= 15 is 0 Å². The Labute approximate surface area is 200 Å². The van der Waals surface area contributed by atoms with Crippen molar-refractivity contribution in [1.29, 1.82) is 0 Å². The van der Waals surface area contributed by atoms with E-state index in [1.165, 1.54) is 11.8 Å². The van der Waals surface area contributed by atoms with Crippen LogP contribution in [0.1, 0.15) is 11.1 Å². The van der Waals surface area contributed by atoms with Crippen LogP contribution in [0, 0.1) is 13.8 Å². The van der Waals surface area contributed by atoms with E-state index in [0.717, 1.165) is 22.4 Å². The summed E-state index contributed by atoms with van der Waals surface area (Å²) in [5, 5.41) is 13.3. The number of nitrogens with one attached hydrogen (secondary N) is 1. The molecule has 0 saturated heterocycles. The average Bonchev–Trinajstić information content (AvgIpc) is 3.20. The number of benzene rings is 2. The molecule has 4 rings (SSSR count). The van der Waals surface area contributed by atoms with Crippen LogP contribution < -0.4 is 5.32 Å². The van der Waals surface area contributed by atoms with Crippen molar-refractivity contribution < 1.29 is 4.79 Å². The summed E-state index contributed by atoms with van der Waals surface area (Å²) in [5.74, 6) is 0.584. The molecule has 0 radical (unpaired) electrons. The summed E-state index contributed by atoms with van der Waals surface area (Å²) in [7, 11) is 0. The SMILES string of the molecule is Cc1cc(C)c(NC(=O)CSc2nnc(-c3cccnc3)n2-c2ccc(Cl)cc2)c(Cl)c1. The Kier molecular flexibility index (Phi) is 6.79. The number of anilines is 1. The normalized spacial score (nSPS) is 10.9. The first-order valence-electron chi connectivity index (χ1n) is 9.73. The molecule has 0 spiro atoms. The van der Waals surface area contributed by atoms with Crippen LogP contribution in [0.5, 0.6) is 0 Å². The van der Waals surface area contributed by atoms with Crippen molar-refractivity contribution in [1.82, 2.24) is 19.7 Å². The summed E-state index contributed by atoms with van der Waals surface area (Å²) in [6, 6.07) is 14.9. The van der Waals surface area contributed by atoms with E-state index < -0.39 is 0 Å². The van der Waals surface area contributed by atoms with Gasteiger partial charge in [-0.05, 0) is 67.4 Å². The number of hydrogen-bond acceptors (Lipinski definition) is 5. The molecule has 2 aromatic carbocycles. The molecule has 0 fully saturated rings. The number of rotatable bonds is 6. The number of pyridine rings is 1. The van der Waals surface area contributed by atoms with E-state index in [1.54, 1.807) is 24.5 Å². The van der Waals surface area contributed by atoms with Crippen molar-refractivity contribution in [2.45, 2.75) is 19.0 Å². The molecule has 0 bridgehead atoms.